The molecule has 0 aromatic carbocycles. The molecule has 7 N–H and O–H groups in total. The second-order valence-electron chi connectivity index (χ2n) is 10.5. The van der Waals surface area contributed by atoms with E-state index in [4.69, 9.17) is 5.73 Å². The summed E-state index contributed by atoms with van der Waals surface area (Å²) < 4.78 is 26.9. The number of unbranched alkanes of at least 4 members (excludes halogenated alkanes) is 1. The smallest absolute Gasteiger partial charge is 0.245 e. The normalized spacial score (nSPS) is 14.0. The third kappa shape index (κ3) is 8.03. The molecule has 0 radical (unpaired) electrons. The number of hydrogen-bond acceptors (Lipinski definition) is 12. The minimum atomic E-state index is -2.85. The predicted molar refractivity (Wildman–Crippen MR) is 160 cm³/mol. The Labute approximate surface area is 242 Å². The monoisotopic (exact) mass is 584 g/mol. The van der Waals surface area contributed by atoms with Crippen molar-refractivity contribution in [3.05, 3.63) is 36.7 Å². The first-order valence-electron chi connectivity index (χ1n) is 14.0. The zero-order valence-corrected chi connectivity index (χ0v) is 23.8. The van der Waals surface area contributed by atoms with Crippen LogP contribution in [0.4, 0.5) is 32.3 Å². The van der Waals surface area contributed by atoms with Crippen LogP contribution in [-0.4, -0.2) is 77.4 Å². The van der Waals surface area contributed by atoms with Gasteiger partial charge < -0.3 is 31.9 Å². The number of anilines is 4. The summed E-state index contributed by atoms with van der Waals surface area (Å²) in [6.07, 6.45) is 5.78. The zero-order chi connectivity index (χ0) is 30.2. The molecule has 0 aliphatic heterocycles. The molecule has 4 aromatic rings. The highest BCUT2D eigenvalue weighted by Gasteiger charge is 2.30. The second kappa shape index (κ2) is 13.7. The van der Waals surface area contributed by atoms with Gasteiger partial charge in [-0.15, -0.1) is 0 Å². The number of pyridine rings is 2. The third-order valence-electron chi connectivity index (χ3n) is 7.00. The maximum Gasteiger partial charge on any atom is 0.245 e. The molecule has 0 amide bonds. The Hall–Kier alpha value is -4.04. The van der Waals surface area contributed by atoms with Crippen molar-refractivity contribution >= 4 is 45.6 Å². The molecule has 1 unspecified atom stereocenters. The van der Waals surface area contributed by atoms with Gasteiger partial charge in [-0.05, 0) is 50.5 Å². The Morgan fingerprint density at radius 2 is 1.62 bits per heavy atom. The second-order valence-corrected chi connectivity index (χ2v) is 10.5. The van der Waals surface area contributed by atoms with Crippen molar-refractivity contribution in [2.75, 3.05) is 41.4 Å². The van der Waals surface area contributed by atoms with Crippen LogP contribution in [-0.2, 0) is 0 Å². The van der Waals surface area contributed by atoms with Crippen LogP contribution in [0.3, 0.4) is 0 Å². The number of nitrogens with two attached hydrogens (primary N) is 1. The fourth-order valence-electron chi connectivity index (χ4n) is 4.68. The predicted octanol–water partition coefficient (Wildman–Crippen LogP) is 3.99. The fraction of sp³-hybridized carbons (Fsp3) is 0.500. The van der Waals surface area contributed by atoms with Gasteiger partial charge >= 0.3 is 0 Å². The molecule has 2 atom stereocenters. The lowest BCUT2D eigenvalue weighted by Crippen LogP contribution is -2.44. The van der Waals surface area contributed by atoms with Crippen molar-refractivity contribution in [3.63, 3.8) is 0 Å². The number of alkyl halides is 2. The van der Waals surface area contributed by atoms with E-state index in [9.17, 15) is 19.0 Å². The van der Waals surface area contributed by atoms with E-state index in [-0.39, 0.29) is 38.0 Å². The lowest BCUT2D eigenvalue weighted by atomic mass is 9.89. The van der Waals surface area contributed by atoms with Gasteiger partial charge in [-0.2, -0.15) is 9.97 Å². The van der Waals surface area contributed by atoms with Gasteiger partial charge in [-0.1, -0.05) is 19.8 Å². The van der Waals surface area contributed by atoms with E-state index in [0.717, 1.165) is 19.8 Å². The van der Waals surface area contributed by atoms with Crippen LogP contribution in [0.5, 0.6) is 0 Å². The highest BCUT2D eigenvalue weighted by molar-refractivity contribution is 5.87. The molecule has 12 nitrogen and oxygen atoms in total. The summed E-state index contributed by atoms with van der Waals surface area (Å²) in [5.74, 6) is -1.70. The highest BCUT2D eigenvalue weighted by atomic mass is 19.3. The van der Waals surface area contributed by atoms with Gasteiger partial charge in [0.05, 0.1) is 35.8 Å². The van der Waals surface area contributed by atoms with Crippen LogP contribution in [0.2, 0.25) is 0 Å². The van der Waals surface area contributed by atoms with Crippen molar-refractivity contribution < 1.29 is 19.0 Å². The fourth-order valence-corrected chi connectivity index (χ4v) is 4.68. The number of rotatable bonds is 16. The van der Waals surface area contributed by atoms with Crippen LogP contribution in [0.15, 0.2) is 36.7 Å². The number of fused-ring (bicyclic) bond motifs is 2. The molecule has 0 spiro atoms. The molecule has 0 bridgehead atoms. The first-order chi connectivity index (χ1) is 20.1. The van der Waals surface area contributed by atoms with Crippen molar-refractivity contribution in [3.8, 4) is 0 Å². The average Bonchev–Trinajstić information content (AvgIpc) is 2.97. The van der Waals surface area contributed by atoms with E-state index < -0.39 is 17.5 Å². The maximum absolute atomic E-state index is 13.5. The Kier molecular flexibility index (Phi) is 10.1. The largest absolute Gasteiger partial charge is 0.394 e. The zero-order valence-electron chi connectivity index (χ0n) is 23.8. The summed E-state index contributed by atoms with van der Waals surface area (Å²) in [5, 5.41) is 30.1. The number of halogens is 2. The molecular weight excluding hydrogens is 546 g/mol. The average molecular weight is 585 g/mol. The number of nitrogens with one attached hydrogen (secondary N) is 3. The van der Waals surface area contributed by atoms with Crippen molar-refractivity contribution in [1.82, 2.24) is 29.9 Å². The SMILES string of the molecule is CCCCC(CO)(CCNc1nc(N[C@@H](CO)CCC(C)(F)F)c2ncccc2n1)Nc1nc(N)nc2cccnc12. The summed E-state index contributed by atoms with van der Waals surface area (Å²) in [7, 11) is 0. The Bertz CT molecular complexity index is 1470. The summed E-state index contributed by atoms with van der Waals surface area (Å²) >= 11 is 0. The highest BCUT2D eigenvalue weighted by Crippen LogP contribution is 2.29. The summed E-state index contributed by atoms with van der Waals surface area (Å²) in [5.41, 5.74) is 7.34. The lowest BCUT2D eigenvalue weighted by molar-refractivity contribution is 0.00851. The number of nitrogen functional groups attached to an aromatic ring is 1. The van der Waals surface area contributed by atoms with E-state index in [2.05, 4.69) is 52.8 Å². The quantitative estimate of drug-likeness (QED) is 0.112. The minimum absolute atomic E-state index is 0.0420. The van der Waals surface area contributed by atoms with E-state index >= 15 is 0 Å². The molecule has 0 aliphatic carbocycles. The molecule has 0 aliphatic rings. The van der Waals surface area contributed by atoms with Gasteiger partial charge in [0, 0.05) is 25.4 Å². The Balaban J connectivity index is 1.55. The summed E-state index contributed by atoms with van der Waals surface area (Å²) in [6, 6.07) is 6.43. The standard InChI is InChI=1S/C28H38F2N10O2/c1-3-4-10-28(17-42,40-24-22-19(7-5-14-33-22)36-25(31)38-24)12-15-34-26-37-20-8-6-13-32-21(20)23(39-26)35-18(16-41)9-11-27(2,29)30/h5-8,13-14,18,41-42H,3-4,9-12,15-17H2,1-2H3,(H3,31,36,38,40)(H2,34,35,37,39)/t18-,28?/m1/s1. The van der Waals surface area contributed by atoms with Gasteiger partial charge in [-0.3, -0.25) is 9.97 Å². The van der Waals surface area contributed by atoms with E-state index in [0.29, 0.717) is 53.1 Å². The molecule has 0 fully saturated rings. The van der Waals surface area contributed by atoms with E-state index in [1.54, 1.807) is 36.7 Å². The van der Waals surface area contributed by atoms with Crippen molar-refractivity contribution in [2.24, 2.45) is 0 Å². The first kappa shape index (κ1) is 30.9. The molecule has 4 heterocycles. The first-order valence-corrected chi connectivity index (χ1v) is 14.0. The topological polar surface area (TPSA) is 180 Å². The van der Waals surface area contributed by atoms with Gasteiger partial charge in [-0.25, -0.2) is 18.7 Å². The van der Waals surface area contributed by atoms with Crippen LogP contribution in [0.25, 0.3) is 22.1 Å². The molecule has 226 valence electrons. The third-order valence-corrected chi connectivity index (χ3v) is 7.00. The maximum atomic E-state index is 13.5. The molecule has 0 saturated heterocycles. The summed E-state index contributed by atoms with van der Waals surface area (Å²) in [6.45, 7) is 2.77. The summed E-state index contributed by atoms with van der Waals surface area (Å²) in [4.78, 5) is 26.5. The lowest BCUT2D eigenvalue weighted by Gasteiger charge is -2.34. The van der Waals surface area contributed by atoms with Gasteiger partial charge in [0.15, 0.2) is 11.6 Å². The van der Waals surface area contributed by atoms with E-state index in [1.807, 2.05) is 0 Å². The van der Waals surface area contributed by atoms with E-state index in [1.165, 1.54) is 0 Å². The molecule has 42 heavy (non-hydrogen) atoms. The van der Waals surface area contributed by atoms with Gasteiger partial charge in [0.2, 0.25) is 17.8 Å². The minimum Gasteiger partial charge on any atom is -0.394 e. The van der Waals surface area contributed by atoms with Crippen LogP contribution >= 0.6 is 0 Å². The Morgan fingerprint density at radius 3 is 2.26 bits per heavy atom. The molecule has 4 aromatic heterocycles. The Morgan fingerprint density at radius 1 is 0.929 bits per heavy atom. The van der Waals surface area contributed by atoms with Crippen LogP contribution in [0.1, 0.15) is 52.4 Å². The van der Waals surface area contributed by atoms with Gasteiger partial charge in [0.1, 0.15) is 11.0 Å². The number of aliphatic hydroxyl groups is 2. The van der Waals surface area contributed by atoms with Crippen LogP contribution in [0, 0.1) is 0 Å². The van der Waals surface area contributed by atoms with Crippen LogP contribution < -0.4 is 21.7 Å². The number of aliphatic hydroxyl groups excluding tert-OH is 2. The number of aromatic nitrogens is 6. The van der Waals surface area contributed by atoms with Gasteiger partial charge in [0.25, 0.3) is 0 Å². The molecule has 14 heteroatoms. The molecule has 0 saturated carbocycles. The van der Waals surface area contributed by atoms with Crippen molar-refractivity contribution in [1.29, 1.82) is 0 Å². The molecular formula is C28H38F2N10O2. The number of nitrogens with zero attached hydrogens (tertiary/aromatic N) is 6. The van der Waals surface area contributed by atoms with Crippen molar-refractivity contribution in [2.45, 2.75) is 69.9 Å². The molecule has 4 rings (SSSR count). The number of hydrogen-bond donors (Lipinski definition) is 6.